The monoisotopic (exact) mass is 266 g/mol. The van der Waals surface area contributed by atoms with Crippen LogP contribution in [0.2, 0.25) is 0 Å². The molecule has 0 spiro atoms. The number of rotatable bonds is 5. The summed E-state index contributed by atoms with van der Waals surface area (Å²) in [6, 6.07) is 0.810. The molecule has 19 heavy (non-hydrogen) atoms. The minimum atomic E-state index is 0.548. The predicted octanol–water partition coefficient (Wildman–Crippen LogP) is 3.67. The first kappa shape index (κ1) is 15.3. The Hall–Kier alpha value is -0.0800. The van der Waals surface area contributed by atoms with Gasteiger partial charge in [-0.3, -0.25) is 0 Å². The highest BCUT2D eigenvalue weighted by molar-refractivity contribution is 4.86. The van der Waals surface area contributed by atoms with Crippen LogP contribution in [0.4, 0.5) is 0 Å². The number of nitrogens with one attached hydrogen (secondary N) is 1. The lowest BCUT2D eigenvalue weighted by Gasteiger charge is -2.40. The molecule has 0 aromatic heterocycles. The topological polar surface area (TPSA) is 15.3 Å². The van der Waals surface area contributed by atoms with Crippen molar-refractivity contribution in [1.29, 1.82) is 0 Å². The minimum Gasteiger partial charge on any atom is -0.313 e. The standard InChI is InChI=1S/C17H34N2/c1-4-5-15-6-8-16(9-7-15)18-14-17(2)10-12-19(3)13-11-17/h15-16,18H,4-14H2,1-3H3. The van der Waals surface area contributed by atoms with Gasteiger partial charge in [-0.2, -0.15) is 0 Å². The van der Waals surface area contributed by atoms with E-state index in [4.69, 9.17) is 0 Å². The molecule has 0 bridgehead atoms. The van der Waals surface area contributed by atoms with Gasteiger partial charge in [0.15, 0.2) is 0 Å². The first-order valence-corrected chi connectivity index (χ1v) is 8.53. The highest BCUT2D eigenvalue weighted by atomic mass is 15.1. The Morgan fingerprint density at radius 3 is 2.32 bits per heavy atom. The van der Waals surface area contributed by atoms with Gasteiger partial charge >= 0.3 is 0 Å². The first-order valence-electron chi connectivity index (χ1n) is 8.53. The Morgan fingerprint density at radius 1 is 1.11 bits per heavy atom. The van der Waals surface area contributed by atoms with E-state index < -0.39 is 0 Å². The maximum Gasteiger partial charge on any atom is 0.00674 e. The molecule has 0 unspecified atom stereocenters. The van der Waals surface area contributed by atoms with Crippen LogP contribution in [0.15, 0.2) is 0 Å². The molecule has 0 aromatic rings. The smallest absolute Gasteiger partial charge is 0.00674 e. The molecular formula is C17H34N2. The largest absolute Gasteiger partial charge is 0.313 e. The Balaban J connectivity index is 1.66. The molecule has 112 valence electrons. The fourth-order valence-electron chi connectivity index (χ4n) is 3.79. The summed E-state index contributed by atoms with van der Waals surface area (Å²) in [4.78, 5) is 2.47. The zero-order valence-corrected chi connectivity index (χ0v) is 13.4. The van der Waals surface area contributed by atoms with Crippen molar-refractivity contribution in [2.24, 2.45) is 11.3 Å². The summed E-state index contributed by atoms with van der Waals surface area (Å²) in [5, 5.41) is 3.89. The number of piperidine rings is 1. The molecule has 0 aromatic carbocycles. The highest BCUT2D eigenvalue weighted by Gasteiger charge is 2.30. The number of hydrogen-bond acceptors (Lipinski definition) is 2. The summed E-state index contributed by atoms with van der Waals surface area (Å²) in [6.07, 6.45) is 11.3. The molecule has 1 saturated heterocycles. The van der Waals surface area contributed by atoms with Gasteiger partial charge in [-0.25, -0.2) is 0 Å². The zero-order valence-electron chi connectivity index (χ0n) is 13.4. The Bertz CT molecular complexity index is 248. The Kier molecular flexibility index (Phi) is 5.70. The maximum absolute atomic E-state index is 3.89. The third-order valence-corrected chi connectivity index (χ3v) is 5.56. The van der Waals surface area contributed by atoms with Crippen molar-refractivity contribution in [2.75, 3.05) is 26.7 Å². The van der Waals surface area contributed by atoms with Crippen molar-refractivity contribution in [3.63, 3.8) is 0 Å². The van der Waals surface area contributed by atoms with Gasteiger partial charge in [0.25, 0.3) is 0 Å². The summed E-state index contributed by atoms with van der Waals surface area (Å²) in [6.45, 7) is 8.60. The lowest BCUT2D eigenvalue weighted by Crippen LogP contribution is -2.45. The molecule has 0 amide bonds. The number of hydrogen-bond donors (Lipinski definition) is 1. The van der Waals surface area contributed by atoms with E-state index in [1.54, 1.807) is 0 Å². The van der Waals surface area contributed by atoms with Crippen LogP contribution in [0.1, 0.15) is 65.2 Å². The Labute approximate surface area is 120 Å². The predicted molar refractivity (Wildman–Crippen MR) is 83.5 cm³/mol. The van der Waals surface area contributed by atoms with E-state index in [0.717, 1.165) is 12.0 Å². The van der Waals surface area contributed by atoms with Crippen LogP contribution in [0, 0.1) is 11.3 Å². The number of nitrogens with zero attached hydrogens (tertiary/aromatic N) is 1. The van der Waals surface area contributed by atoms with Gasteiger partial charge in [0.2, 0.25) is 0 Å². The molecule has 2 fully saturated rings. The molecule has 1 heterocycles. The normalized spacial score (nSPS) is 32.4. The summed E-state index contributed by atoms with van der Waals surface area (Å²) in [5.74, 6) is 1.03. The molecular weight excluding hydrogens is 232 g/mol. The summed E-state index contributed by atoms with van der Waals surface area (Å²) < 4.78 is 0. The van der Waals surface area contributed by atoms with Crippen LogP contribution in [-0.4, -0.2) is 37.6 Å². The second-order valence-electron chi connectivity index (χ2n) is 7.50. The van der Waals surface area contributed by atoms with Crippen LogP contribution in [0.25, 0.3) is 0 Å². The molecule has 1 N–H and O–H groups in total. The van der Waals surface area contributed by atoms with E-state index in [9.17, 15) is 0 Å². The molecule has 1 saturated carbocycles. The van der Waals surface area contributed by atoms with Crippen molar-refractivity contribution >= 4 is 0 Å². The molecule has 2 nitrogen and oxygen atoms in total. The summed E-state index contributed by atoms with van der Waals surface area (Å²) in [5.41, 5.74) is 0.548. The molecule has 0 atom stereocenters. The molecule has 2 rings (SSSR count). The fourth-order valence-corrected chi connectivity index (χ4v) is 3.79. The van der Waals surface area contributed by atoms with E-state index >= 15 is 0 Å². The first-order chi connectivity index (χ1) is 9.11. The minimum absolute atomic E-state index is 0.548. The molecule has 2 heteroatoms. The van der Waals surface area contributed by atoms with Gasteiger partial charge in [0.1, 0.15) is 0 Å². The van der Waals surface area contributed by atoms with Gasteiger partial charge in [0, 0.05) is 12.6 Å². The van der Waals surface area contributed by atoms with E-state index in [2.05, 4.69) is 31.1 Å². The average molecular weight is 266 g/mol. The fraction of sp³-hybridized carbons (Fsp3) is 1.00. The Morgan fingerprint density at radius 2 is 1.74 bits per heavy atom. The van der Waals surface area contributed by atoms with Crippen LogP contribution < -0.4 is 5.32 Å². The maximum atomic E-state index is 3.89. The second kappa shape index (κ2) is 7.08. The number of likely N-dealkylation sites (tertiary alicyclic amines) is 1. The quantitative estimate of drug-likeness (QED) is 0.817. The van der Waals surface area contributed by atoms with E-state index in [-0.39, 0.29) is 0 Å². The van der Waals surface area contributed by atoms with Crippen LogP contribution in [0.3, 0.4) is 0 Å². The lowest BCUT2D eigenvalue weighted by atomic mass is 9.79. The van der Waals surface area contributed by atoms with E-state index in [0.29, 0.717) is 5.41 Å². The van der Waals surface area contributed by atoms with Crippen molar-refractivity contribution < 1.29 is 0 Å². The van der Waals surface area contributed by atoms with Crippen molar-refractivity contribution in [2.45, 2.75) is 71.3 Å². The van der Waals surface area contributed by atoms with Crippen LogP contribution in [-0.2, 0) is 0 Å². The van der Waals surface area contributed by atoms with Crippen LogP contribution >= 0.6 is 0 Å². The average Bonchev–Trinajstić information content (AvgIpc) is 2.42. The third-order valence-electron chi connectivity index (χ3n) is 5.56. The van der Waals surface area contributed by atoms with Gasteiger partial charge in [-0.05, 0) is 70.0 Å². The van der Waals surface area contributed by atoms with Crippen molar-refractivity contribution in [3.05, 3.63) is 0 Å². The lowest BCUT2D eigenvalue weighted by molar-refractivity contribution is 0.128. The summed E-state index contributed by atoms with van der Waals surface area (Å²) in [7, 11) is 2.25. The van der Waals surface area contributed by atoms with Crippen LogP contribution in [0.5, 0.6) is 0 Å². The van der Waals surface area contributed by atoms with E-state index in [1.807, 2.05) is 0 Å². The summed E-state index contributed by atoms with van der Waals surface area (Å²) >= 11 is 0. The van der Waals surface area contributed by atoms with Crippen molar-refractivity contribution in [3.8, 4) is 0 Å². The molecule has 0 radical (unpaired) electrons. The van der Waals surface area contributed by atoms with Gasteiger partial charge in [0.05, 0.1) is 0 Å². The van der Waals surface area contributed by atoms with Crippen molar-refractivity contribution in [1.82, 2.24) is 10.2 Å². The zero-order chi connectivity index (χ0) is 13.7. The van der Waals surface area contributed by atoms with Gasteiger partial charge < -0.3 is 10.2 Å². The SMILES string of the molecule is CCCC1CCC(NCC2(C)CCN(C)CC2)CC1. The second-order valence-corrected chi connectivity index (χ2v) is 7.50. The van der Waals surface area contributed by atoms with E-state index in [1.165, 1.54) is 71.0 Å². The van der Waals surface area contributed by atoms with Gasteiger partial charge in [-0.15, -0.1) is 0 Å². The third kappa shape index (κ3) is 4.75. The van der Waals surface area contributed by atoms with Gasteiger partial charge in [-0.1, -0.05) is 26.7 Å². The molecule has 1 aliphatic carbocycles. The molecule has 2 aliphatic rings. The molecule has 1 aliphatic heterocycles. The highest BCUT2D eigenvalue weighted by Crippen LogP contribution is 2.31.